The first kappa shape index (κ1) is 27.2. The van der Waals surface area contributed by atoms with Gasteiger partial charge in [0.25, 0.3) is 5.91 Å². The van der Waals surface area contributed by atoms with Crippen LogP contribution in [-0.4, -0.2) is 35.3 Å². The number of aromatic nitrogens is 1. The number of nitrogens with one attached hydrogen (secondary N) is 1. The molecule has 196 valence electrons. The van der Waals surface area contributed by atoms with Crippen molar-refractivity contribution in [2.75, 3.05) is 11.1 Å². The van der Waals surface area contributed by atoms with Crippen LogP contribution in [0.5, 0.6) is 5.75 Å². The Morgan fingerprint density at radius 1 is 1.13 bits per heavy atom. The van der Waals surface area contributed by atoms with E-state index in [1.807, 2.05) is 0 Å². The molecule has 4 rings (SSSR count). The molecule has 0 saturated carbocycles. The van der Waals surface area contributed by atoms with E-state index in [1.54, 1.807) is 18.2 Å². The summed E-state index contributed by atoms with van der Waals surface area (Å²) >= 11 is 1.14. The zero-order chi connectivity index (χ0) is 27.4. The molecule has 9 nitrogen and oxygen atoms in total. The van der Waals surface area contributed by atoms with Gasteiger partial charge in [0.15, 0.2) is 15.0 Å². The highest BCUT2D eigenvalue weighted by molar-refractivity contribution is 7.91. The maximum atomic E-state index is 14.2. The van der Waals surface area contributed by atoms with Gasteiger partial charge in [0.05, 0.1) is 39.6 Å². The SMILES string of the molecule is CCS(=O)(=O)c1ccc(C(Oc2ccc(C#N)c(F)c2)C(=O)Nc2nc3cc(CO)c(CO)cc3s2)cc1. The standard InChI is InChI=1S/C26H22FN3O6S2/c1-2-38(34,35)20-7-4-15(5-8-20)24(36-19-6-3-16(12-28)21(27)11-19)25(33)30-26-29-22-9-17(13-31)18(14-32)10-23(22)37-26/h3-11,24,31-32H,2,13-14H2,1H3,(H,29,30,33). The summed E-state index contributed by atoms with van der Waals surface area (Å²) in [6.07, 6.45) is -1.33. The molecule has 0 spiro atoms. The maximum absolute atomic E-state index is 14.2. The molecule has 38 heavy (non-hydrogen) atoms. The number of benzene rings is 3. The number of thiazole rings is 1. The highest BCUT2D eigenvalue weighted by Gasteiger charge is 2.26. The number of fused-ring (bicyclic) bond motifs is 1. The number of nitrogens with zero attached hydrogens (tertiary/aromatic N) is 2. The van der Waals surface area contributed by atoms with Gasteiger partial charge in [-0.25, -0.2) is 17.8 Å². The van der Waals surface area contributed by atoms with Crippen molar-refractivity contribution in [1.29, 1.82) is 5.26 Å². The molecule has 1 atom stereocenters. The first-order valence-corrected chi connectivity index (χ1v) is 13.8. The molecule has 0 aliphatic rings. The summed E-state index contributed by atoms with van der Waals surface area (Å²) in [7, 11) is -3.47. The van der Waals surface area contributed by atoms with E-state index in [4.69, 9.17) is 10.00 Å². The van der Waals surface area contributed by atoms with E-state index in [9.17, 15) is 27.8 Å². The Bertz CT molecular complexity index is 1610. The summed E-state index contributed by atoms with van der Waals surface area (Å²) in [5.41, 5.74) is 1.66. The number of carbonyl (C=O) groups is 1. The number of sulfone groups is 1. The lowest BCUT2D eigenvalue weighted by Gasteiger charge is -2.19. The maximum Gasteiger partial charge on any atom is 0.271 e. The van der Waals surface area contributed by atoms with E-state index < -0.39 is 27.7 Å². The molecule has 0 bridgehead atoms. The van der Waals surface area contributed by atoms with Crippen LogP contribution in [0.1, 0.15) is 35.3 Å². The topological polar surface area (TPSA) is 150 Å². The van der Waals surface area contributed by atoms with Crippen LogP contribution in [0.3, 0.4) is 0 Å². The Hall–Kier alpha value is -3.89. The molecule has 0 fully saturated rings. The number of carbonyl (C=O) groups excluding carboxylic acids is 1. The number of ether oxygens (including phenoxy) is 1. The van der Waals surface area contributed by atoms with Gasteiger partial charge in [0.1, 0.15) is 17.6 Å². The second kappa shape index (κ2) is 11.2. The van der Waals surface area contributed by atoms with Gasteiger partial charge >= 0.3 is 0 Å². The third-order valence-corrected chi connectivity index (χ3v) is 8.44. The summed E-state index contributed by atoms with van der Waals surface area (Å²) in [6.45, 7) is 0.963. The lowest BCUT2D eigenvalue weighted by molar-refractivity contribution is -0.123. The van der Waals surface area contributed by atoms with E-state index in [-0.39, 0.29) is 40.3 Å². The number of hydrogen-bond donors (Lipinski definition) is 3. The minimum atomic E-state index is -3.47. The van der Waals surface area contributed by atoms with Crippen molar-refractivity contribution in [3.05, 3.63) is 82.7 Å². The zero-order valence-corrected chi connectivity index (χ0v) is 21.6. The Labute approximate surface area is 221 Å². The smallest absolute Gasteiger partial charge is 0.271 e. The highest BCUT2D eigenvalue weighted by Crippen LogP contribution is 2.31. The van der Waals surface area contributed by atoms with Gasteiger partial charge in [-0.05, 0) is 47.5 Å². The number of rotatable bonds is 9. The van der Waals surface area contributed by atoms with Crippen LogP contribution in [0.15, 0.2) is 59.5 Å². The Balaban J connectivity index is 1.68. The normalized spacial score (nSPS) is 12.2. The molecule has 12 heteroatoms. The number of amides is 1. The van der Waals surface area contributed by atoms with Gasteiger partial charge in [-0.15, -0.1) is 0 Å². The van der Waals surface area contributed by atoms with Crippen LogP contribution >= 0.6 is 11.3 Å². The minimum absolute atomic E-state index is 0.0172. The molecule has 1 unspecified atom stereocenters. The molecule has 3 N–H and O–H groups in total. The predicted octanol–water partition coefficient (Wildman–Crippen LogP) is 3.84. The third kappa shape index (κ3) is 5.66. The molecule has 0 radical (unpaired) electrons. The van der Waals surface area contributed by atoms with E-state index in [2.05, 4.69) is 10.3 Å². The van der Waals surface area contributed by atoms with Gasteiger partial charge in [0, 0.05) is 11.6 Å². The molecule has 0 saturated heterocycles. The number of nitriles is 1. The lowest BCUT2D eigenvalue weighted by atomic mass is 10.1. The van der Waals surface area contributed by atoms with Gasteiger partial charge in [-0.3, -0.25) is 10.1 Å². The van der Waals surface area contributed by atoms with Crippen molar-refractivity contribution in [2.45, 2.75) is 31.1 Å². The van der Waals surface area contributed by atoms with E-state index in [0.29, 0.717) is 26.9 Å². The average Bonchev–Trinajstić information content (AvgIpc) is 3.31. The van der Waals surface area contributed by atoms with Crippen molar-refractivity contribution in [1.82, 2.24) is 4.98 Å². The number of hydrogen-bond acceptors (Lipinski definition) is 9. The van der Waals surface area contributed by atoms with Crippen molar-refractivity contribution in [3.63, 3.8) is 0 Å². The molecule has 1 aromatic heterocycles. The summed E-state index contributed by atoms with van der Waals surface area (Å²) < 4.78 is 45.1. The Kier molecular flexibility index (Phi) is 8.03. The second-order valence-electron chi connectivity index (χ2n) is 8.14. The third-order valence-electron chi connectivity index (χ3n) is 5.76. The van der Waals surface area contributed by atoms with E-state index >= 15 is 0 Å². The number of aliphatic hydroxyl groups excluding tert-OH is 2. The molecule has 1 amide bonds. The van der Waals surface area contributed by atoms with E-state index in [0.717, 1.165) is 17.4 Å². The van der Waals surface area contributed by atoms with Gasteiger partial charge in [-0.2, -0.15) is 5.26 Å². The van der Waals surface area contributed by atoms with Gasteiger partial charge in [-0.1, -0.05) is 30.4 Å². The van der Waals surface area contributed by atoms with Crippen LogP contribution in [0.25, 0.3) is 10.2 Å². The lowest BCUT2D eigenvalue weighted by Crippen LogP contribution is -2.25. The molecular formula is C26H22FN3O6S2. The number of aliphatic hydroxyl groups is 2. The number of halogens is 1. The van der Waals surface area contributed by atoms with Crippen LogP contribution in [-0.2, 0) is 27.8 Å². The average molecular weight is 556 g/mol. The first-order chi connectivity index (χ1) is 18.2. The minimum Gasteiger partial charge on any atom is -0.476 e. The molecule has 3 aromatic carbocycles. The van der Waals surface area contributed by atoms with Gasteiger partial charge in [0.2, 0.25) is 6.10 Å². The van der Waals surface area contributed by atoms with Gasteiger partial charge < -0.3 is 14.9 Å². The van der Waals surface area contributed by atoms with Crippen LogP contribution in [0.4, 0.5) is 9.52 Å². The largest absolute Gasteiger partial charge is 0.476 e. The fourth-order valence-corrected chi connectivity index (χ4v) is 5.46. The van der Waals surface area contributed by atoms with Crippen LogP contribution < -0.4 is 10.1 Å². The molecule has 0 aliphatic carbocycles. The van der Waals surface area contributed by atoms with E-state index in [1.165, 1.54) is 43.3 Å². The predicted molar refractivity (Wildman–Crippen MR) is 139 cm³/mol. The molecular weight excluding hydrogens is 533 g/mol. The quantitative estimate of drug-likeness (QED) is 0.282. The monoisotopic (exact) mass is 555 g/mol. The summed E-state index contributed by atoms with van der Waals surface area (Å²) in [4.78, 5) is 17.8. The van der Waals surface area contributed by atoms with Crippen molar-refractivity contribution < 1.29 is 32.6 Å². The van der Waals surface area contributed by atoms with Crippen LogP contribution in [0.2, 0.25) is 0 Å². The fraction of sp³-hybridized carbons (Fsp3) is 0.192. The second-order valence-corrected chi connectivity index (χ2v) is 11.4. The first-order valence-electron chi connectivity index (χ1n) is 11.3. The van der Waals surface area contributed by atoms with Crippen molar-refractivity contribution in [2.24, 2.45) is 0 Å². The van der Waals surface area contributed by atoms with Crippen LogP contribution in [0, 0.1) is 17.1 Å². The summed E-state index contributed by atoms with van der Waals surface area (Å²) in [5.74, 6) is -1.59. The number of anilines is 1. The van der Waals surface area contributed by atoms with Crippen molar-refractivity contribution in [3.8, 4) is 11.8 Å². The molecule has 0 aliphatic heterocycles. The Morgan fingerprint density at radius 2 is 1.82 bits per heavy atom. The van der Waals surface area contributed by atoms with Crippen molar-refractivity contribution >= 4 is 42.4 Å². The summed E-state index contributed by atoms with van der Waals surface area (Å²) in [6, 6.07) is 14.2. The Morgan fingerprint density at radius 3 is 2.42 bits per heavy atom. The molecule has 1 heterocycles. The fourth-order valence-electron chi connectivity index (χ4n) is 3.66. The molecule has 4 aromatic rings. The zero-order valence-electron chi connectivity index (χ0n) is 20.0. The highest BCUT2D eigenvalue weighted by atomic mass is 32.2. The summed E-state index contributed by atoms with van der Waals surface area (Å²) in [5, 5.41) is 30.9.